The number of pyridine rings is 1. The number of H-pyrrole nitrogens is 1. The Morgan fingerprint density at radius 2 is 2.22 bits per heavy atom. The molecule has 0 spiro atoms. The minimum Gasteiger partial charge on any atom is -0.495 e. The molecule has 0 aliphatic carbocycles. The fourth-order valence-corrected chi connectivity index (χ4v) is 2.53. The van der Waals surface area contributed by atoms with Gasteiger partial charge in [-0.3, -0.25) is 9.55 Å². The average molecular weight is 308 g/mol. The Hall–Kier alpha value is -1.82. The number of halogens is 1. The summed E-state index contributed by atoms with van der Waals surface area (Å²) in [5, 5.41) is 0.887. The van der Waals surface area contributed by atoms with Gasteiger partial charge in [0.1, 0.15) is 5.75 Å². The molecule has 3 rings (SSSR count). The van der Waals surface area contributed by atoms with Crippen molar-refractivity contribution in [3.8, 4) is 5.75 Å². The summed E-state index contributed by atoms with van der Waals surface area (Å²) >= 11 is 3.44. The maximum Gasteiger partial charge on any atom is 0.326 e. The molecule has 1 aromatic carbocycles. The second-order valence-electron chi connectivity index (χ2n) is 4.01. The van der Waals surface area contributed by atoms with Gasteiger partial charge >= 0.3 is 5.69 Å². The fraction of sp³-hybridized carbons (Fsp3) is 0.167. The Morgan fingerprint density at radius 3 is 2.94 bits per heavy atom. The highest BCUT2D eigenvalue weighted by molar-refractivity contribution is 9.10. The van der Waals surface area contributed by atoms with Crippen molar-refractivity contribution in [1.29, 1.82) is 0 Å². The number of aromatic amines is 1. The number of benzene rings is 1. The molecule has 0 aliphatic rings. The Labute approximate surface area is 111 Å². The van der Waals surface area contributed by atoms with Gasteiger partial charge in [0.2, 0.25) is 0 Å². The van der Waals surface area contributed by atoms with E-state index in [1.165, 1.54) is 0 Å². The van der Waals surface area contributed by atoms with Crippen LogP contribution < -0.4 is 10.4 Å². The lowest BCUT2D eigenvalue weighted by Crippen LogP contribution is -2.11. The van der Waals surface area contributed by atoms with Crippen LogP contribution in [0.25, 0.3) is 21.9 Å². The third-order valence-corrected chi connectivity index (χ3v) is 3.64. The van der Waals surface area contributed by atoms with Crippen LogP contribution in [0.4, 0.5) is 0 Å². The number of ether oxygens (including phenoxy) is 1. The standard InChI is InChI=1S/C12H10BrN3O2/c1-16-9-5-14-8-4-10(18-2)7(13)3-6(8)11(9)15-12(16)17/h3-5H,1-2H3,(H,15,17). The minimum absolute atomic E-state index is 0.147. The molecule has 0 amide bonds. The van der Waals surface area contributed by atoms with Crippen LogP contribution in [0.2, 0.25) is 0 Å². The molecule has 0 atom stereocenters. The van der Waals surface area contributed by atoms with Gasteiger partial charge < -0.3 is 9.72 Å². The summed E-state index contributed by atoms with van der Waals surface area (Å²) in [7, 11) is 3.32. The second-order valence-corrected chi connectivity index (χ2v) is 4.87. The molecule has 0 bridgehead atoms. The fourth-order valence-electron chi connectivity index (χ4n) is 2.03. The van der Waals surface area contributed by atoms with Gasteiger partial charge in [-0.25, -0.2) is 4.79 Å². The van der Waals surface area contributed by atoms with Crippen LogP contribution in [0.15, 0.2) is 27.6 Å². The van der Waals surface area contributed by atoms with Gasteiger partial charge in [0.25, 0.3) is 0 Å². The first kappa shape index (κ1) is 11.3. The van der Waals surface area contributed by atoms with Gasteiger partial charge in [0, 0.05) is 18.5 Å². The molecule has 0 aliphatic heterocycles. The second kappa shape index (κ2) is 3.84. The molecular weight excluding hydrogens is 298 g/mol. The number of methoxy groups -OCH3 is 1. The van der Waals surface area contributed by atoms with Crippen molar-refractivity contribution in [2.45, 2.75) is 0 Å². The summed E-state index contributed by atoms with van der Waals surface area (Å²) in [5.74, 6) is 0.715. The molecular formula is C12H10BrN3O2. The molecule has 3 aromatic rings. The lowest BCUT2D eigenvalue weighted by molar-refractivity contribution is 0.412. The number of rotatable bonds is 1. The zero-order chi connectivity index (χ0) is 12.9. The normalized spacial score (nSPS) is 11.3. The molecule has 0 fully saturated rings. The van der Waals surface area contributed by atoms with Crippen molar-refractivity contribution < 1.29 is 4.74 Å². The summed E-state index contributed by atoms with van der Waals surface area (Å²) in [6, 6.07) is 3.74. The van der Waals surface area contributed by atoms with Gasteiger partial charge in [-0.2, -0.15) is 0 Å². The maximum absolute atomic E-state index is 11.6. The number of hydrogen-bond donors (Lipinski definition) is 1. The molecule has 1 N–H and O–H groups in total. The van der Waals surface area contributed by atoms with E-state index >= 15 is 0 Å². The zero-order valence-electron chi connectivity index (χ0n) is 9.82. The third kappa shape index (κ3) is 1.45. The number of fused-ring (bicyclic) bond motifs is 3. The summed E-state index contributed by atoms with van der Waals surface area (Å²) < 4.78 is 7.60. The first-order valence-corrected chi connectivity index (χ1v) is 6.12. The largest absolute Gasteiger partial charge is 0.495 e. The SMILES string of the molecule is COc1cc2ncc3c([nH]c(=O)n3C)c2cc1Br. The van der Waals surface area contributed by atoms with E-state index in [0.29, 0.717) is 5.75 Å². The van der Waals surface area contributed by atoms with Gasteiger partial charge in [-0.05, 0) is 22.0 Å². The predicted octanol–water partition coefficient (Wildman–Crippen LogP) is 2.19. The average Bonchev–Trinajstić information content (AvgIpc) is 2.65. The highest BCUT2D eigenvalue weighted by Gasteiger charge is 2.11. The molecule has 0 unspecified atom stereocenters. The van der Waals surface area contributed by atoms with Crippen LogP contribution in [0.5, 0.6) is 5.75 Å². The van der Waals surface area contributed by atoms with Crippen molar-refractivity contribution in [1.82, 2.24) is 14.5 Å². The number of aromatic nitrogens is 3. The lowest BCUT2D eigenvalue weighted by atomic mass is 10.2. The van der Waals surface area contributed by atoms with Crippen LogP contribution in [-0.4, -0.2) is 21.6 Å². The number of imidazole rings is 1. The van der Waals surface area contributed by atoms with Gasteiger partial charge in [-0.15, -0.1) is 0 Å². The quantitative estimate of drug-likeness (QED) is 0.749. The maximum atomic E-state index is 11.6. The summed E-state index contributed by atoms with van der Waals surface area (Å²) in [6.45, 7) is 0. The highest BCUT2D eigenvalue weighted by Crippen LogP contribution is 2.31. The van der Waals surface area contributed by atoms with Gasteiger partial charge in [0.15, 0.2) is 0 Å². The van der Waals surface area contributed by atoms with E-state index < -0.39 is 0 Å². The van der Waals surface area contributed by atoms with Crippen molar-refractivity contribution in [3.05, 3.63) is 33.3 Å². The molecule has 0 saturated carbocycles. The predicted molar refractivity (Wildman–Crippen MR) is 73.1 cm³/mol. The van der Waals surface area contributed by atoms with Crippen LogP contribution in [0.1, 0.15) is 0 Å². The zero-order valence-corrected chi connectivity index (χ0v) is 11.4. The summed E-state index contributed by atoms with van der Waals surface area (Å²) in [5.41, 5.74) is 2.20. The van der Waals surface area contributed by atoms with Crippen molar-refractivity contribution in [2.24, 2.45) is 7.05 Å². The first-order valence-electron chi connectivity index (χ1n) is 5.33. The Kier molecular flexibility index (Phi) is 2.41. The number of hydrogen-bond acceptors (Lipinski definition) is 3. The smallest absolute Gasteiger partial charge is 0.326 e. The van der Waals surface area contributed by atoms with Gasteiger partial charge in [-0.1, -0.05) is 0 Å². The van der Waals surface area contributed by atoms with E-state index in [-0.39, 0.29) is 5.69 Å². The molecule has 18 heavy (non-hydrogen) atoms. The molecule has 0 radical (unpaired) electrons. The van der Waals surface area contributed by atoms with E-state index in [2.05, 4.69) is 25.9 Å². The monoisotopic (exact) mass is 307 g/mol. The van der Waals surface area contributed by atoms with Crippen LogP contribution >= 0.6 is 15.9 Å². The number of nitrogens with zero attached hydrogens (tertiary/aromatic N) is 2. The van der Waals surface area contributed by atoms with Crippen molar-refractivity contribution >= 4 is 37.9 Å². The first-order chi connectivity index (χ1) is 8.61. The summed E-state index contributed by atoms with van der Waals surface area (Å²) in [6.07, 6.45) is 1.68. The molecule has 6 heteroatoms. The minimum atomic E-state index is -0.147. The molecule has 2 aromatic heterocycles. The van der Waals surface area contributed by atoms with Crippen LogP contribution in [-0.2, 0) is 7.05 Å². The molecule has 2 heterocycles. The van der Waals surface area contributed by atoms with Crippen molar-refractivity contribution in [2.75, 3.05) is 7.11 Å². The van der Waals surface area contributed by atoms with Crippen LogP contribution in [0.3, 0.4) is 0 Å². The number of nitrogens with one attached hydrogen (secondary N) is 1. The molecule has 5 nitrogen and oxygen atoms in total. The highest BCUT2D eigenvalue weighted by atomic mass is 79.9. The van der Waals surface area contributed by atoms with Crippen LogP contribution in [0, 0.1) is 0 Å². The summed E-state index contributed by atoms with van der Waals surface area (Å²) in [4.78, 5) is 18.8. The van der Waals surface area contributed by atoms with E-state index in [1.54, 1.807) is 24.9 Å². The lowest BCUT2D eigenvalue weighted by Gasteiger charge is -2.05. The Morgan fingerprint density at radius 1 is 1.44 bits per heavy atom. The molecule has 0 saturated heterocycles. The topological polar surface area (TPSA) is 59.9 Å². The van der Waals surface area contributed by atoms with E-state index in [9.17, 15) is 4.79 Å². The van der Waals surface area contributed by atoms with E-state index in [4.69, 9.17) is 4.74 Å². The molecule has 92 valence electrons. The van der Waals surface area contributed by atoms with Gasteiger partial charge in [0.05, 0.1) is 34.3 Å². The van der Waals surface area contributed by atoms with E-state index in [0.717, 1.165) is 26.4 Å². The Balaban J connectivity index is 2.51. The third-order valence-electron chi connectivity index (χ3n) is 3.02. The van der Waals surface area contributed by atoms with Crippen molar-refractivity contribution in [3.63, 3.8) is 0 Å². The van der Waals surface area contributed by atoms with E-state index in [1.807, 2.05) is 12.1 Å². The number of aryl methyl sites for hydroxylation is 1. The Bertz CT molecular complexity index is 819.